The number of nitrogens with zero attached hydrogens (tertiary/aromatic N) is 1. The van der Waals surface area contributed by atoms with Gasteiger partial charge in [0.2, 0.25) is 0 Å². The van der Waals surface area contributed by atoms with Crippen LogP contribution in [0.1, 0.15) is 42.9 Å². The van der Waals surface area contributed by atoms with E-state index in [4.69, 9.17) is 25.8 Å². The van der Waals surface area contributed by atoms with Gasteiger partial charge in [-0.3, -0.25) is 4.79 Å². The quantitative estimate of drug-likeness (QED) is 0.551. The zero-order chi connectivity index (χ0) is 23.3. The molecule has 0 bridgehead atoms. The lowest BCUT2D eigenvalue weighted by molar-refractivity contribution is -0.0149. The SMILES string of the molecule is CC(C)(C)OC(=O)NCCOCCOCCN1C(=O)c2ccc(Cl)c3cccc(c23)C1O. The average Bonchev–Trinajstić information content (AvgIpc) is 2.72. The third kappa shape index (κ3) is 5.89. The van der Waals surface area contributed by atoms with Crippen LogP contribution in [0.4, 0.5) is 4.79 Å². The zero-order valence-electron chi connectivity index (χ0n) is 18.5. The minimum absolute atomic E-state index is 0.235. The van der Waals surface area contributed by atoms with Gasteiger partial charge in [0.15, 0.2) is 6.23 Å². The normalized spacial score (nSPS) is 15.8. The van der Waals surface area contributed by atoms with Gasteiger partial charge in [-0.15, -0.1) is 0 Å². The fourth-order valence-electron chi connectivity index (χ4n) is 3.47. The number of halogens is 1. The minimum atomic E-state index is -1.06. The number of amides is 2. The van der Waals surface area contributed by atoms with Crippen LogP contribution >= 0.6 is 11.6 Å². The van der Waals surface area contributed by atoms with Crippen LogP contribution in [0.3, 0.4) is 0 Å². The molecule has 9 heteroatoms. The Morgan fingerprint density at radius 3 is 2.56 bits per heavy atom. The summed E-state index contributed by atoms with van der Waals surface area (Å²) in [5, 5.41) is 15.3. The van der Waals surface area contributed by atoms with Gasteiger partial charge in [0.25, 0.3) is 5.91 Å². The third-order valence-electron chi connectivity index (χ3n) is 4.85. The second-order valence-corrected chi connectivity index (χ2v) is 8.80. The molecule has 2 amide bonds. The molecule has 3 rings (SSSR count). The smallest absolute Gasteiger partial charge is 0.407 e. The van der Waals surface area contributed by atoms with E-state index in [0.717, 1.165) is 5.39 Å². The summed E-state index contributed by atoms with van der Waals surface area (Å²) in [5.41, 5.74) is 0.635. The Morgan fingerprint density at radius 2 is 1.84 bits per heavy atom. The molecule has 2 N–H and O–H groups in total. The first-order valence-corrected chi connectivity index (χ1v) is 10.9. The van der Waals surface area contributed by atoms with Gasteiger partial charge < -0.3 is 29.5 Å². The van der Waals surface area contributed by atoms with Gasteiger partial charge in [-0.1, -0.05) is 29.8 Å². The summed E-state index contributed by atoms with van der Waals surface area (Å²) in [7, 11) is 0. The number of aliphatic hydroxyl groups is 1. The van der Waals surface area contributed by atoms with E-state index in [-0.39, 0.29) is 19.1 Å². The number of hydrogen-bond donors (Lipinski definition) is 2. The van der Waals surface area contributed by atoms with Gasteiger partial charge in [-0.25, -0.2) is 4.79 Å². The number of alkyl carbamates (subject to hydrolysis) is 1. The molecule has 8 nitrogen and oxygen atoms in total. The van der Waals surface area contributed by atoms with E-state index in [1.54, 1.807) is 39.0 Å². The first-order valence-electron chi connectivity index (χ1n) is 10.5. The minimum Gasteiger partial charge on any atom is -0.444 e. The standard InChI is InChI=1S/C23H29ClN2O6/c1-23(2,3)32-22(29)25-9-11-30-13-14-31-12-10-26-20(27)16-6-4-5-15-18(24)8-7-17(19(15)16)21(26)28/h4-8,20,27H,9-14H2,1-3H3,(H,25,29). The highest BCUT2D eigenvalue weighted by atomic mass is 35.5. The fourth-order valence-corrected chi connectivity index (χ4v) is 3.70. The van der Waals surface area contributed by atoms with Gasteiger partial charge in [-0.2, -0.15) is 0 Å². The van der Waals surface area contributed by atoms with Gasteiger partial charge in [0, 0.05) is 40.0 Å². The second-order valence-electron chi connectivity index (χ2n) is 8.39. The highest BCUT2D eigenvalue weighted by Crippen LogP contribution is 2.38. The summed E-state index contributed by atoms with van der Waals surface area (Å²) in [4.78, 5) is 25.8. The van der Waals surface area contributed by atoms with E-state index < -0.39 is 17.9 Å². The number of benzene rings is 2. The van der Waals surface area contributed by atoms with Gasteiger partial charge in [0.05, 0.1) is 26.4 Å². The summed E-state index contributed by atoms with van der Waals surface area (Å²) >= 11 is 6.25. The number of hydrogen-bond acceptors (Lipinski definition) is 6. The number of carbonyl (C=O) groups is 2. The highest BCUT2D eigenvalue weighted by Gasteiger charge is 2.32. The number of aliphatic hydroxyl groups excluding tert-OH is 1. The Labute approximate surface area is 192 Å². The molecule has 0 radical (unpaired) electrons. The second kappa shape index (κ2) is 10.5. The lowest BCUT2D eigenvalue weighted by Crippen LogP contribution is -2.40. The molecule has 0 spiro atoms. The molecule has 1 atom stereocenters. The molecule has 1 aliphatic rings. The molecule has 1 unspecified atom stereocenters. The maximum atomic E-state index is 12.9. The first kappa shape index (κ1) is 24.3. The molecule has 32 heavy (non-hydrogen) atoms. The van der Waals surface area contributed by atoms with Crippen molar-refractivity contribution in [2.24, 2.45) is 0 Å². The van der Waals surface area contributed by atoms with E-state index in [1.165, 1.54) is 4.90 Å². The third-order valence-corrected chi connectivity index (χ3v) is 5.18. The molecule has 174 valence electrons. The van der Waals surface area contributed by atoms with Crippen molar-refractivity contribution in [1.29, 1.82) is 0 Å². The van der Waals surface area contributed by atoms with Crippen molar-refractivity contribution in [2.75, 3.05) is 39.5 Å². The summed E-state index contributed by atoms with van der Waals surface area (Å²) in [5.74, 6) is -0.258. The zero-order valence-corrected chi connectivity index (χ0v) is 19.3. The first-order chi connectivity index (χ1) is 15.2. The maximum Gasteiger partial charge on any atom is 0.407 e. The van der Waals surface area contributed by atoms with Crippen molar-refractivity contribution < 1.29 is 28.9 Å². The van der Waals surface area contributed by atoms with Gasteiger partial charge in [0.1, 0.15) is 5.60 Å². The summed E-state index contributed by atoms with van der Waals surface area (Å²) in [6, 6.07) is 8.84. The predicted molar refractivity (Wildman–Crippen MR) is 121 cm³/mol. The largest absolute Gasteiger partial charge is 0.444 e. The van der Waals surface area contributed by atoms with Crippen LogP contribution in [0.15, 0.2) is 30.3 Å². The topological polar surface area (TPSA) is 97.3 Å². The Bertz CT molecular complexity index is 975. The van der Waals surface area contributed by atoms with Crippen molar-refractivity contribution in [3.05, 3.63) is 46.5 Å². The molecule has 0 fully saturated rings. The summed E-state index contributed by atoms with van der Waals surface area (Å²) < 4.78 is 16.1. The lowest BCUT2D eigenvalue weighted by Gasteiger charge is -2.33. The van der Waals surface area contributed by atoms with Crippen molar-refractivity contribution in [2.45, 2.75) is 32.6 Å². The van der Waals surface area contributed by atoms with Crippen LogP contribution in [0.2, 0.25) is 5.02 Å². The number of nitrogens with one attached hydrogen (secondary N) is 1. The van der Waals surface area contributed by atoms with Crippen LogP contribution in [-0.4, -0.2) is 67.1 Å². The van der Waals surface area contributed by atoms with Crippen LogP contribution in [0, 0.1) is 0 Å². The molecule has 1 aliphatic heterocycles. The molecule has 0 aliphatic carbocycles. The Morgan fingerprint density at radius 1 is 1.12 bits per heavy atom. The van der Waals surface area contributed by atoms with Gasteiger partial charge >= 0.3 is 6.09 Å². The molecule has 0 saturated carbocycles. The number of ether oxygens (including phenoxy) is 3. The van der Waals surface area contributed by atoms with Crippen LogP contribution in [0.5, 0.6) is 0 Å². The fraction of sp³-hybridized carbons (Fsp3) is 0.478. The number of carbonyl (C=O) groups excluding carboxylic acids is 2. The molecular formula is C23H29ClN2O6. The predicted octanol–water partition coefficient (Wildman–Crippen LogP) is 3.50. The summed E-state index contributed by atoms with van der Waals surface area (Å²) in [6.07, 6.45) is -1.54. The number of rotatable bonds is 9. The highest BCUT2D eigenvalue weighted by molar-refractivity contribution is 6.36. The van der Waals surface area contributed by atoms with Crippen molar-refractivity contribution in [3.8, 4) is 0 Å². The molecule has 0 saturated heterocycles. The van der Waals surface area contributed by atoms with E-state index in [0.29, 0.717) is 47.9 Å². The molecule has 0 aromatic heterocycles. The van der Waals surface area contributed by atoms with Crippen molar-refractivity contribution in [3.63, 3.8) is 0 Å². The Hall–Kier alpha value is -2.39. The van der Waals surface area contributed by atoms with E-state index in [1.807, 2.05) is 12.1 Å². The van der Waals surface area contributed by atoms with Gasteiger partial charge in [-0.05, 0) is 32.9 Å². The maximum absolute atomic E-state index is 12.9. The van der Waals surface area contributed by atoms with E-state index in [2.05, 4.69) is 5.32 Å². The lowest BCUT2D eigenvalue weighted by atomic mass is 9.93. The van der Waals surface area contributed by atoms with Crippen LogP contribution < -0.4 is 5.32 Å². The molecule has 2 aromatic carbocycles. The molecule has 1 heterocycles. The Balaban J connectivity index is 1.39. The van der Waals surface area contributed by atoms with Crippen molar-refractivity contribution in [1.82, 2.24) is 10.2 Å². The monoisotopic (exact) mass is 464 g/mol. The van der Waals surface area contributed by atoms with E-state index in [9.17, 15) is 14.7 Å². The molecule has 2 aromatic rings. The Kier molecular flexibility index (Phi) is 7.95. The summed E-state index contributed by atoms with van der Waals surface area (Å²) in [6.45, 7) is 7.20. The van der Waals surface area contributed by atoms with Crippen LogP contribution in [0.25, 0.3) is 10.8 Å². The average molecular weight is 465 g/mol. The van der Waals surface area contributed by atoms with Crippen molar-refractivity contribution >= 4 is 34.4 Å². The van der Waals surface area contributed by atoms with E-state index >= 15 is 0 Å². The molecular weight excluding hydrogens is 436 g/mol. The van der Waals surface area contributed by atoms with Crippen LogP contribution in [-0.2, 0) is 14.2 Å².